The normalized spacial score (nSPS) is 10.8. The number of aromatic nitrogens is 1. The van der Waals surface area contributed by atoms with E-state index in [1.807, 2.05) is 26.0 Å². The average molecular weight is 274 g/mol. The molecule has 0 aliphatic heterocycles. The molecule has 1 aromatic carbocycles. The highest BCUT2D eigenvalue weighted by molar-refractivity contribution is 5.27. The molecule has 0 saturated carbocycles. The highest BCUT2D eigenvalue weighted by Crippen LogP contribution is 2.14. The number of hydrogen-bond donors (Lipinski definition) is 1. The van der Waals surface area contributed by atoms with Gasteiger partial charge >= 0.3 is 0 Å². The van der Waals surface area contributed by atoms with E-state index in [0.29, 0.717) is 0 Å². The molecule has 0 radical (unpaired) electrons. The monoisotopic (exact) mass is 274 g/mol. The van der Waals surface area contributed by atoms with Gasteiger partial charge in [0.25, 0.3) is 0 Å². The van der Waals surface area contributed by atoms with E-state index in [9.17, 15) is 0 Å². The Morgan fingerprint density at radius 1 is 1.15 bits per heavy atom. The third-order valence-electron chi connectivity index (χ3n) is 3.21. The van der Waals surface area contributed by atoms with Crippen LogP contribution in [-0.4, -0.2) is 11.8 Å². The summed E-state index contributed by atoms with van der Waals surface area (Å²) in [4.78, 5) is 0. The number of ether oxygens (including phenoxy) is 1. The first-order valence-corrected chi connectivity index (χ1v) is 7.05. The van der Waals surface area contributed by atoms with Crippen LogP contribution in [0.15, 0.2) is 28.8 Å². The van der Waals surface area contributed by atoms with E-state index < -0.39 is 0 Å². The summed E-state index contributed by atoms with van der Waals surface area (Å²) in [5, 5.41) is 7.36. The fourth-order valence-corrected chi connectivity index (χ4v) is 2.01. The lowest BCUT2D eigenvalue weighted by molar-refractivity contribution is 0.317. The third kappa shape index (κ3) is 3.84. The molecule has 0 spiro atoms. The van der Waals surface area contributed by atoms with Crippen molar-refractivity contribution in [3.8, 4) is 5.75 Å². The number of benzene rings is 1. The fourth-order valence-electron chi connectivity index (χ4n) is 2.01. The van der Waals surface area contributed by atoms with Crippen molar-refractivity contribution in [2.75, 3.05) is 6.61 Å². The van der Waals surface area contributed by atoms with E-state index >= 15 is 0 Å². The Morgan fingerprint density at radius 2 is 1.90 bits per heavy atom. The second-order valence-corrected chi connectivity index (χ2v) is 4.90. The minimum atomic E-state index is 0.767. The van der Waals surface area contributed by atoms with Crippen molar-refractivity contribution in [1.82, 2.24) is 10.5 Å². The Bertz CT molecular complexity index is 512. The highest BCUT2D eigenvalue weighted by atomic mass is 16.5. The average Bonchev–Trinajstić information content (AvgIpc) is 2.78. The molecule has 4 heteroatoms. The number of nitrogens with zero attached hydrogens (tertiary/aromatic N) is 1. The molecule has 0 saturated heterocycles. The maximum absolute atomic E-state index is 5.56. The van der Waals surface area contributed by atoms with E-state index in [1.165, 1.54) is 5.56 Å². The summed E-state index contributed by atoms with van der Waals surface area (Å²) in [6.07, 6.45) is 1.03. The molecular weight excluding hydrogens is 252 g/mol. The number of aryl methyl sites for hydroxylation is 2. The number of rotatable bonds is 7. The van der Waals surface area contributed by atoms with Gasteiger partial charge in [-0.05, 0) is 38.0 Å². The van der Waals surface area contributed by atoms with E-state index in [2.05, 4.69) is 29.5 Å². The summed E-state index contributed by atoms with van der Waals surface area (Å²) < 4.78 is 10.7. The Morgan fingerprint density at radius 3 is 2.50 bits per heavy atom. The highest BCUT2D eigenvalue weighted by Gasteiger charge is 2.07. The molecule has 1 aromatic heterocycles. The molecule has 4 nitrogen and oxygen atoms in total. The molecule has 108 valence electrons. The summed E-state index contributed by atoms with van der Waals surface area (Å²) in [6.45, 7) is 8.37. The van der Waals surface area contributed by atoms with Crippen LogP contribution < -0.4 is 10.1 Å². The minimum Gasteiger partial charge on any atom is -0.494 e. The molecular formula is C16H22N2O2. The number of hydrogen-bond acceptors (Lipinski definition) is 4. The molecule has 2 aromatic rings. The van der Waals surface area contributed by atoms with Gasteiger partial charge < -0.3 is 14.6 Å². The Balaban J connectivity index is 1.82. The first-order valence-electron chi connectivity index (χ1n) is 7.05. The Labute approximate surface area is 120 Å². The van der Waals surface area contributed by atoms with E-state index in [0.717, 1.165) is 48.9 Å². The molecule has 1 heterocycles. The number of nitrogens with one attached hydrogen (secondary N) is 1. The van der Waals surface area contributed by atoms with Crippen molar-refractivity contribution < 1.29 is 9.26 Å². The van der Waals surface area contributed by atoms with Crippen molar-refractivity contribution in [3.05, 3.63) is 46.8 Å². The molecule has 0 aliphatic rings. The summed E-state index contributed by atoms with van der Waals surface area (Å²) in [7, 11) is 0. The smallest absolute Gasteiger partial charge is 0.138 e. The standard InChI is InChI=1S/C16H22N2O2/c1-4-9-19-15-7-5-14(6-8-15)10-17-11-16-12(2)18-20-13(16)3/h5-8,17H,4,9-11H2,1-3H3. The van der Waals surface area contributed by atoms with Crippen LogP contribution in [0.3, 0.4) is 0 Å². The van der Waals surface area contributed by atoms with Gasteiger partial charge in [0.1, 0.15) is 11.5 Å². The maximum Gasteiger partial charge on any atom is 0.138 e. The van der Waals surface area contributed by atoms with E-state index in [4.69, 9.17) is 9.26 Å². The molecule has 0 amide bonds. The van der Waals surface area contributed by atoms with Gasteiger partial charge in [0.15, 0.2) is 0 Å². The zero-order chi connectivity index (χ0) is 14.4. The van der Waals surface area contributed by atoms with Crippen LogP contribution in [0.2, 0.25) is 0 Å². The lowest BCUT2D eigenvalue weighted by Crippen LogP contribution is -2.13. The third-order valence-corrected chi connectivity index (χ3v) is 3.21. The topological polar surface area (TPSA) is 47.3 Å². The van der Waals surface area contributed by atoms with Crippen LogP contribution in [0.5, 0.6) is 5.75 Å². The zero-order valence-corrected chi connectivity index (χ0v) is 12.4. The van der Waals surface area contributed by atoms with Crippen LogP contribution in [0.1, 0.15) is 35.9 Å². The van der Waals surface area contributed by atoms with Crippen LogP contribution in [0.4, 0.5) is 0 Å². The van der Waals surface area contributed by atoms with Gasteiger partial charge in [-0.15, -0.1) is 0 Å². The molecule has 0 bridgehead atoms. The van der Waals surface area contributed by atoms with Crippen LogP contribution >= 0.6 is 0 Å². The van der Waals surface area contributed by atoms with Crippen LogP contribution in [0.25, 0.3) is 0 Å². The second kappa shape index (κ2) is 7.10. The largest absolute Gasteiger partial charge is 0.494 e. The molecule has 1 N–H and O–H groups in total. The summed E-state index contributed by atoms with van der Waals surface area (Å²) >= 11 is 0. The molecule has 0 fully saturated rings. The van der Waals surface area contributed by atoms with Gasteiger partial charge in [-0.1, -0.05) is 24.2 Å². The molecule has 0 atom stereocenters. The summed E-state index contributed by atoms with van der Waals surface area (Å²) in [5.41, 5.74) is 3.34. The van der Waals surface area contributed by atoms with Gasteiger partial charge in [-0.25, -0.2) is 0 Å². The predicted molar refractivity (Wildman–Crippen MR) is 78.7 cm³/mol. The first kappa shape index (κ1) is 14.6. The SMILES string of the molecule is CCCOc1ccc(CNCc2c(C)noc2C)cc1. The fraction of sp³-hybridized carbons (Fsp3) is 0.438. The summed E-state index contributed by atoms with van der Waals surface area (Å²) in [5.74, 6) is 1.82. The van der Waals surface area contributed by atoms with Gasteiger partial charge in [-0.2, -0.15) is 0 Å². The maximum atomic E-state index is 5.56. The van der Waals surface area contributed by atoms with Gasteiger partial charge in [-0.3, -0.25) is 0 Å². The first-order chi connectivity index (χ1) is 9.70. The summed E-state index contributed by atoms with van der Waals surface area (Å²) in [6, 6.07) is 8.21. The van der Waals surface area contributed by atoms with Crippen molar-refractivity contribution in [1.29, 1.82) is 0 Å². The van der Waals surface area contributed by atoms with Gasteiger partial charge in [0.05, 0.1) is 12.3 Å². The van der Waals surface area contributed by atoms with Crippen molar-refractivity contribution >= 4 is 0 Å². The van der Waals surface area contributed by atoms with Crippen molar-refractivity contribution in [2.45, 2.75) is 40.3 Å². The Hall–Kier alpha value is -1.81. The predicted octanol–water partition coefficient (Wildman–Crippen LogP) is 3.37. The quantitative estimate of drug-likeness (QED) is 0.841. The minimum absolute atomic E-state index is 0.767. The molecule has 20 heavy (non-hydrogen) atoms. The van der Waals surface area contributed by atoms with Crippen molar-refractivity contribution in [3.63, 3.8) is 0 Å². The van der Waals surface area contributed by atoms with Crippen LogP contribution in [-0.2, 0) is 13.1 Å². The Kier molecular flexibility index (Phi) is 5.18. The van der Waals surface area contributed by atoms with Gasteiger partial charge in [0, 0.05) is 18.7 Å². The van der Waals surface area contributed by atoms with E-state index in [-0.39, 0.29) is 0 Å². The van der Waals surface area contributed by atoms with Crippen LogP contribution in [0, 0.1) is 13.8 Å². The van der Waals surface area contributed by atoms with E-state index in [1.54, 1.807) is 0 Å². The molecule has 0 unspecified atom stereocenters. The second-order valence-electron chi connectivity index (χ2n) is 4.90. The molecule has 2 rings (SSSR count). The lowest BCUT2D eigenvalue weighted by Gasteiger charge is -2.07. The van der Waals surface area contributed by atoms with Crippen molar-refractivity contribution in [2.24, 2.45) is 0 Å². The molecule has 0 aliphatic carbocycles. The van der Waals surface area contributed by atoms with Gasteiger partial charge in [0.2, 0.25) is 0 Å². The zero-order valence-electron chi connectivity index (χ0n) is 12.4. The lowest BCUT2D eigenvalue weighted by atomic mass is 10.2.